The predicted molar refractivity (Wildman–Crippen MR) is 72.3 cm³/mol. The van der Waals surface area contributed by atoms with Gasteiger partial charge in [-0.1, -0.05) is 0 Å². The lowest BCUT2D eigenvalue weighted by Gasteiger charge is -2.03. The van der Waals surface area contributed by atoms with Crippen LogP contribution in [0.3, 0.4) is 0 Å². The van der Waals surface area contributed by atoms with Crippen LogP contribution in [0.1, 0.15) is 29.1 Å². The molecule has 2 heterocycles. The van der Waals surface area contributed by atoms with Crippen molar-refractivity contribution in [3.63, 3.8) is 0 Å². The third-order valence-electron chi connectivity index (χ3n) is 2.71. The maximum atomic E-state index is 5.22. The number of nitrogens with one attached hydrogen (secondary N) is 1. The summed E-state index contributed by atoms with van der Waals surface area (Å²) < 4.78 is 2.18. The van der Waals surface area contributed by atoms with Crippen molar-refractivity contribution >= 4 is 16.3 Å². The van der Waals surface area contributed by atoms with E-state index in [0.717, 1.165) is 36.6 Å². The average molecular weight is 247 g/mol. The second-order valence-corrected chi connectivity index (χ2v) is 5.34. The molecule has 0 saturated heterocycles. The minimum Gasteiger partial charge on any atom is -0.311 e. The Bertz CT molecular complexity index is 545. The highest BCUT2D eigenvalue weighted by Crippen LogP contribution is 2.20. The monoisotopic (exact) mass is 247 g/mol. The molecule has 0 amide bonds. The highest BCUT2D eigenvalue weighted by molar-refractivity contribution is 7.17. The summed E-state index contributed by atoms with van der Waals surface area (Å²) in [7, 11) is 0. The predicted octanol–water partition coefficient (Wildman–Crippen LogP) is 2.52. The summed E-state index contributed by atoms with van der Waals surface area (Å²) in [5, 5.41) is 3.41. The van der Waals surface area contributed by atoms with Crippen molar-refractivity contribution in [3.05, 3.63) is 22.5 Å². The van der Waals surface area contributed by atoms with E-state index in [1.54, 1.807) is 11.3 Å². The smallest absolute Gasteiger partial charge is 0.194 e. The molecule has 0 aliphatic rings. The van der Waals surface area contributed by atoms with Gasteiger partial charge >= 0.3 is 0 Å². The van der Waals surface area contributed by atoms with Crippen molar-refractivity contribution in [2.75, 3.05) is 6.54 Å². The Kier molecular flexibility index (Phi) is 3.82. The molecular weight excluding hydrogens is 230 g/mol. The lowest BCUT2D eigenvalue weighted by molar-refractivity contribution is 0.644. The van der Waals surface area contributed by atoms with Crippen molar-refractivity contribution in [2.45, 2.75) is 33.2 Å². The zero-order valence-corrected chi connectivity index (χ0v) is 11.1. The van der Waals surface area contributed by atoms with Gasteiger partial charge in [-0.3, -0.25) is 4.40 Å². The summed E-state index contributed by atoms with van der Waals surface area (Å²) in [4.78, 5) is 6.93. The molecule has 0 spiro atoms. The molecule has 2 aromatic heterocycles. The molecule has 17 heavy (non-hydrogen) atoms. The number of hydrogen-bond donors (Lipinski definition) is 1. The van der Waals surface area contributed by atoms with Gasteiger partial charge in [-0.2, -0.15) is 0 Å². The fourth-order valence-electron chi connectivity index (χ4n) is 1.84. The summed E-state index contributed by atoms with van der Waals surface area (Å²) in [6, 6.07) is 0. The summed E-state index contributed by atoms with van der Waals surface area (Å²) in [5.74, 6) is 2.65. The Hall–Kier alpha value is -1.31. The van der Waals surface area contributed by atoms with Gasteiger partial charge in [0.05, 0.1) is 11.4 Å². The first-order valence-electron chi connectivity index (χ1n) is 5.80. The van der Waals surface area contributed by atoms with E-state index in [2.05, 4.69) is 40.7 Å². The van der Waals surface area contributed by atoms with Crippen LogP contribution in [-0.4, -0.2) is 15.9 Å². The molecule has 0 saturated carbocycles. The average Bonchev–Trinajstić information content (AvgIpc) is 2.75. The molecule has 90 valence electrons. The van der Waals surface area contributed by atoms with Gasteiger partial charge < -0.3 is 5.32 Å². The summed E-state index contributed by atoms with van der Waals surface area (Å²) >= 11 is 1.73. The Morgan fingerprint density at radius 2 is 2.35 bits per heavy atom. The minimum atomic E-state index is 0.839. The molecule has 0 aliphatic heterocycles. The zero-order chi connectivity index (χ0) is 12.3. The van der Waals surface area contributed by atoms with Gasteiger partial charge in [0.15, 0.2) is 4.96 Å². The lowest BCUT2D eigenvalue weighted by Crippen LogP contribution is -2.16. The van der Waals surface area contributed by atoms with E-state index in [1.807, 2.05) is 0 Å². The number of nitrogens with zero attached hydrogens (tertiary/aromatic N) is 2. The third kappa shape index (κ3) is 2.68. The molecule has 2 rings (SSSR count). The molecule has 0 radical (unpaired) electrons. The number of rotatable bonds is 5. The van der Waals surface area contributed by atoms with Gasteiger partial charge in [-0.15, -0.1) is 23.7 Å². The van der Waals surface area contributed by atoms with Gasteiger partial charge in [-0.05, 0) is 26.8 Å². The SMILES string of the molecule is C#CCCCNCc1c(C)nc2sc(C)cn12. The largest absolute Gasteiger partial charge is 0.311 e. The van der Waals surface area contributed by atoms with Crippen LogP contribution in [0.15, 0.2) is 6.20 Å². The molecule has 0 fully saturated rings. The van der Waals surface area contributed by atoms with Crippen molar-refractivity contribution in [3.8, 4) is 12.3 Å². The van der Waals surface area contributed by atoms with Crippen LogP contribution in [0, 0.1) is 26.2 Å². The van der Waals surface area contributed by atoms with Crippen molar-refractivity contribution in [1.82, 2.24) is 14.7 Å². The maximum Gasteiger partial charge on any atom is 0.194 e. The number of aryl methyl sites for hydroxylation is 2. The summed E-state index contributed by atoms with van der Waals surface area (Å²) in [5.41, 5.74) is 2.37. The quantitative estimate of drug-likeness (QED) is 0.650. The lowest BCUT2D eigenvalue weighted by atomic mass is 10.3. The van der Waals surface area contributed by atoms with Crippen molar-refractivity contribution < 1.29 is 0 Å². The topological polar surface area (TPSA) is 29.3 Å². The zero-order valence-electron chi connectivity index (χ0n) is 10.3. The molecule has 1 N–H and O–H groups in total. The number of aromatic nitrogens is 2. The number of hydrogen-bond acceptors (Lipinski definition) is 3. The third-order valence-corrected chi connectivity index (χ3v) is 3.61. The van der Waals surface area contributed by atoms with E-state index in [0.29, 0.717) is 0 Å². The van der Waals surface area contributed by atoms with Crippen LogP contribution in [-0.2, 0) is 6.54 Å². The van der Waals surface area contributed by atoms with Crippen LogP contribution in [0.4, 0.5) is 0 Å². The number of thiazole rings is 1. The summed E-state index contributed by atoms with van der Waals surface area (Å²) in [6.45, 7) is 5.99. The number of fused-ring (bicyclic) bond motifs is 1. The van der Waals surface area contributed by atoms with Gasteiger partial charge in [0.1, 0.15) is 0 Å². The highest BCUT2D eigenvalue weighted by atomic mass is 32.1. The molecular formula is C13H17N3S. The first kappa shape index (κ1) is 12.2. The molecule has 2 aromatic rings. The van der Waals surface area contributed by atoms with E-state index in [4.69, 9.17) is 6.42 Å². The fourth-order valence-corrected chi connectivity index (χ4v) is 2.73. The molecule has 4 heteroatoms. The van der Waals surface area contributed by atoms with Crippen LogP contribution < -0.4 is 5.32 Å². The normalized spacial score (nSPS) is 10.9. The van der Waals surface area contributed by atoms with Gasteiger partial charge in [0.2, 0.25) is 0 Å². The molecule has 0 aliphatic carbocycles. The maximum absolute atomic E-state index is 5.22. The number of imidazole rings is 1. The number of unbranched alkanes of at least 4 members (excludes halogenated alkanes) is 1. The Morgan fingerprint density at radius 1 is 1.53 bits per heavy atom. The van der Waals surface area contributed by atoms with Crippen molar-refractivity contribution in [1.29, 1.82) is 0 Å². The van der Waals surface area contributed by atoms with Crippen LogP contribution in [0.25, 0.3) is 4.96 Å². The first-order chi connectivity index (χ1) is 8.22. The van der Waals surface area contributed by atoms with Gasteiger partial charge in [0.25, 0.3) is 0 Å². The van der Waals surface area contributed by atoms with Gasteiger partial charge in [0, 0.05) is 24.0 Å². The van der Waals surface area contributed by atoms with E-state index in [-0.39, 0.29) is 0 Å². The first-order valence-corrected chi connectivity index (χ1v) is 6.62. The molecule has 0 atom stereocenters. The van der Waals surface area contributed by atoms with E-state index >= 15 is 0 Å². The standard InChI is InChI=1S/C13H17N3S/c1-4-5-6-7-14-8-12-11(3)15-13-16(12)9-10(2)17-13/h1,9,14H,5-8H2,2-3H3. The Morgan fingerprint density at radius 3 is 3.12 bits per heavy atom. The summed E-state index contributed by atoms with van der Waals surface area (Å²) in [6.07, 6.45) is 9.23. The molecule has 0 aromatic carbocycles. The Labute approximate surface area is 106 Å². The molecule has 3 nitrogen and oxygen atoms in total. The van der Waals surface area contributed by atoms with Crippen LogP contribution >= 0.6 is 11.3 Å². The van der Waals surface area contributed by atoms with Crippen LogP contribution in [0.2, 0.25) is 0 Å². The number of terminal acetylenes is 1. The molecule has 0 unspecified atom stereocenters. The minimum absolute atomic E-state index is 0.839. The van der Waals surface area contributed by atoms with Crippen molar-refractivity contribution in [2.24, 2.45) is 0 Å². The molecule has 0 bridgehead atoms. The van der Waals surface area contributed by atoms with E-state index in [1.165, 1.54) is 10.6 Å². The fraction of sp³-hybridized carbons (Fsp3) is 0.462. The van der Waals surface area contributed by atoms with Gasteiger partial charge in [-0.25, -0.2) is 4.98 Å². The van der Waals surface area contributed by atoms with E-state index in [9.17, 15) is 0 Å². The van der Waals surface area contributed by atoms with E-state index < -0.39 is 0 Å². The highest BCUT2D eigenvalue weighted by Gasteiger charge is 2.09. The van der Waals surface area contributed by atoms with Crippen LogP contribution in [0.5, 0.6) is 0 Å². The second kappa shape index (κ2) is 5.35. The Balaban J connectivity index is 2.02. The second-order valence-electron chi connectivity index (χ2n) is 4.12.